The van der Waals surface area contributed by atoms with E-state index in [0.717, 1.165) is 24.3 Å². The van der Waals surface area contributed by atoms with Crippen molar-refractivity contribution >= 4 is 11.4 Å². The number of anilines is 2. The van der Waals surface area contributed by atoms with Crippen LogP contribution in [0.5, 0.6) is 0 Å². The highest BCUT2D eigenvalue weighted by atomic mass is 15.0. The summed E-state index contributed by atoms with van der Waals surface area (Å²) in [6.07, 6.45) is 6.10. The minimum atomic E-state index is 0.542. The van der Waals surface area contributed by atoms with Crippen LogP contribution in [0.2, 0.25) is 0 Å². The largest absolute Gasteiger partial charge is 0.384 e. The van der Waals surface area contributed by atoms with Gasteiger partial charge in [-0.1, -0.05) is 37.3 Å². The minimum Gasteiger partial charge on any atom is -0.384 e. The van der Waals surface area contributed by atoms with Crippen LogP contribution in [0, 0.1) is 0 Å². The monoisotopic (exact) mass is 267 g/mol. The Labute approximate surface area is 120 Å². The molecule has 3 heteroatoms. The second-order valence-corrected chi connectivity index (χ2v) is 5.39. The molecule has 1 aromatic carbocycles. The number of aromatic nitrogens is 1. The molecule has 1 heterocycles. The first kappa shape index (κ1) is 13.0. The summed E-state index contributed by atoms with van der Waals surface area (Å²) < 4.78 is 0. The van der Waals surface area contributed by atoms with E-state index in [1.165, 1.54) is 12.0 Å². The van der Waals surface area contributed by atoms with E-state index in [4.69, 9.17) is 0 Å². The summed E-state index contributed by atoms with van der Waals surface area (Å²) >= 11 is 0. The topological polar surface area (TPSA) is 37.0 Å². The van der Waals surface area contributed by atoms with E-state index in [-0.39, 0.29) is 0 Å². The Morgan fingerprint density at radius 1 is 1.15 bits per heavy atom. The smallest absolute Gasteiger partial charge is 0.0549 e. The molecule has 1 fully saturated rings. The highest BCUT2D eigenvalue weighted by Crippen LogP contribution is 2.42. The molecule has 1 aliphatic rings. The van der Waals surface area contributed by atoms with E-state index in [2.05, 4.69) is 58.9 Å². The number of nitrogens with one attached hydrogen (secondary N) is 2. The maximum atomic E-state index is 4.29. The summed E-state index contributed by atoms with van der Waals surface area (Å²) in [6, 6.07) is 13.4. The third kappa shape index (κ3) is 3.10. The fourth-order valence-corrected chi connectivity index (χ4v) is 2.52. The molecule has 1 saturated carbocycles. The molecule has 3 rings (SSSR count). The first-order chi connectivity index (χ1) is 9.86. The fourth-order valence-electron chi connectivity index (χ4n) is 2.52. The number of pyridine rings is 1. The molecule has 0 radical (unpaired) electrons. The lowest BCUT2D eigenvalue weighted by Gasteiger charge is -2.09. The Bertz CT molecular complexity index is 553. The molecule has 0 saturated heterocycles. The molecule has 1 aliphatic carbocycles. The summed E-state index contributed by atoms with van der Waals surface area (Å²) in [4.78, 5) is 4.29. The van der Waals surface area contributed by atoms with E-state index in [0.29, 0.717) is 12.0 Å². The maximum absolute atomic E-state index is 4.29. The van der Waals surface area contributed by atoms with Gasteiger partial charge in [0.25, 0.3) is 0 Å². The van der Waals surface area contributed by atoms with Gasteiger partial charge in [-0.05, 0) is 24.5 Å². The first-order valence-electron chi connectivity index (χ1n) is 7.37. The third-order valence-electron chi connectivity index (χ3n) is 3.69. The Morgan fingerprint density at radius 3 is 2.75 bits per heavy atom. The van der Waals surface area contributed by atoms with Crippen LogP contribution < -0.4 is 10.6 Å². The number of hydrogen-bond donors (Lipinski definition) is 2. The van der Waals surface area contributed by atoms with E-state index >= 15 is 0 Å². The van der Waals surface area contributed by atoms with Crippen molar-refractivity contribution in [1.82, 2.24) is 4.98 Å². The van der Waals surface area contributed by atoms with Gasteiger partial charge < -0.3 is 10.6 Å². The summed E-state index contributed by atoms with van der Waals surface area (Å²) in [5, 5.41) is 6.95. The Hall–Kier alpha value is -2.03. The van der Waals surface area contributed by atoms with Gasteiger partial charge in [0.2, 0.25) is 0 Å². The predicted octanol–water partition coefficient (Wildman–Crippen LogP) is 3.87. The van der Waals surface area contributed by atoms with Crippen LogP contribution in [0.4, 0.5) is 11.4 Å². The van der Waals surface area contributed by atoms with Gasteiger partial charge in [0, 0.05) is 18.5 Å². The average Bonchev–Trinajstić information content (AvgIpc) is 3.26. The van der Waals surface area contributed by atoms with Crippen LogP contribution in [-0.4, -0.2) is 17.6 Å². The minimum absolute atomic E-state index is 0.542. The van der Waals surface area contributed by atoms with E-state index in [9.17, 15) is 0 Å². The van der Waals surface area contributed by atoms with Gasteiger partial charge in [0.1, 0.15) is 0 Å². The molecule has 1 aromatic heterocycles. The molecule has 2 aromatic rings. The molecule has 0 spiro atoms. The van der Waals surface area contributed by atoms with Crippen LogP contribution in [0.1, 0.15) is 31.2 Å². The zero-order chi connectivity index (χ0) is 13.8. The normalized spacial score (nSPS) is 20.4. The van der Waals surface area contributed by atoms with Crippen molar-refractivity contribution in [3.05, 3.63) is 54.4 Å². The highest BCUT2D eigenvalue weighted by molar-refractivity contribution is 5.55. The van der Waals surface area contributed by atoms with Gasteiger partial charge in [-0.2, -0.15) is 0 Å². The fraction of sp³-hybridized carbons (Fsp3) is 0.353. The highest BCUT2D eigenvalue weighted by Gasteiger charge is 2.38. The number of benzene rings is 1. The molecule has 104 valence electrons. The van der Waals surface area contributed by atoms with E-state index in [1.54, 1.807) is 0 Å². The molecule has 2 N–H and O–H groups in total. The Balaban J connectivity index is 1.59. The van der Waals surface area contributed by atoms with E-state index < -0.39 is 0 Å². The summed E-state index contributed by atoms with van der Waals surface area (Å²) in [6.45, 7) is 3.15. The van der Waals surface area contributed by atoms with E-state index in [1.807, 2.05) is 12.4 Å². The number of rotatable bonds is 6. The van der Waals surface area contributed by atoms with Gasteiger partial charge in [0.05, 0.1) is 23.8 Å². The van der Waals surface area contributed by atoms with Crippen LogP contribution in [0.25, 0.3) is 0 Å². The van der Waals surface area contributed by atoms with Crippen LogP contribution >= 0.6 is 0 Å². The Kier molecular flexibility index (Phi) is 3.86. The molecule has 0 amide bonds. The van der Waals surface area contributed by atoms with Crippen molar-refractivity contribution in [3.8, 4) is 0 Å². The van der Waals surface area contributed by atoms with Crippen molar-refractivity contribution in [1.29, 1.82) is 0 Å². The lowest BCUT2D eigenvalue weighted by Crippen LogP contribution is -2.06. The molecule has 2 unspecified atom stereocenters. The number of hydrogen-bond acceptors (Lipinski definition) is 3. The van der Waals surface area contributed by atoms with Crippen LogP contribution in [0.15, 0.2) is 48.8 Å². The van der Waals surface area contributed by atoms with Crippen molar-refractivity contribution in [2.24, 2.45) is 0 Å². The summed E-state index contributed by atoms with van der Waals surface area (Å²) in [5.41, 5.74) is 3.63. The molecule has 3 nitrogen and oxygen atoms in total. The lowest BCUT2D eigenvalue weighted by molar-refractivity contribution is 0.976. The summed E-state index contributed by atoms with van der Waals surface area (Å²) in [5.74, 6) is 0.642. The molecule has 0 aliphatic heterocycles. The van der Waals surface area contributed by atoms with Crippen molar-refractivity contribution in [3.63, 3.8) is 0 Å². The van der Waals surface area contributed by atoms with Gasteiger partial charge in [-0.25, -0.2) is 0 Å². The lowest BCUT2D eigenvalue weighted by atomic mass is 10.1. The van der Waals surface area contributed by atoms with Gasteiger partial charge in [-0.3, -0.25) is 4.98 Å². The average molecular weight is 267 g/mol. The predicted molar refractivity (Wildman–Crippen MR) is 84.2 cm³/mol. The molecular weight excluding hydrogens is 246 g/mol. The van der Waals surface area contributed by atoms with Crippen molar-refractivity contribution < 1.29 is 0 Å². The SMILES string of the molecule is CCCNc1cncc(NC2CC2c2ccccc2)c1. The van der Waals surface area contributed by atoms with Gasteiger partial charge >= 0.3 is 0 Å². The molecule has 20 heavy (non-hydrogen) atoms. The van der Waals surface area contributed by atoms with Crippen LogP contribution in [-0.2, 0) is 0 Å². The second kappa shape index (κ2) is 5.95. The van der Waals surface area contributed by atoms with Gasteiger partial charge in [0.15, 0.2) is 0 Å². The molecular formula is C17H21N3. The van der Waals surface area contributed by atoms with Crippen LogP contribution in [0.3, 0.4) is 0 Å². The quantitative estimate of drug-likeness (QED) is 0.834. The Morgan fingerprint density at radius 2 is 1.95 bits per heavy atom. The van der Waals surface area contributed by atoms with Crippen molar-refractivity contribution in [2.45, 2.75) is 31.7 Å². The standard InChI is InChI=1S/C17H21N3/c1-2-8-19-14-9-15(12-18-11-14)20-17-10-16(17)13-6-4-3-5-7-13/h3-7,9,11-12,16-17,19-20H,2,8,10H2,1H3. The van der Waals surface area contributed by atoms with Gasteiger partial charge in [-0.15, -0.1) is 0 Å². The molecule has 0 bridgehead atoms. The molecule has 2 atom stereocenters. The first-order valence-corrected chi connectivity index (χ1v) is 7.37. The van der Waals surface area contributed by atoms with Crippen molar-refractivity contribution in [2.75, 3.05) is 17.2 Å². The maximum Gasteiger partial charge on any atom is 0.0549 e. The zero-order valence-corrected chi connectivity index (χ0v) is 11.8. The third-order valence-corrected chi connectivity index (χ3v) is 3.69. The zero-order valence-electron chi connectivity index (χ0n) is 11.8. The number of nitrogens with zero attached hydrogens (tertiary/aromatic N) is 1. The summed E-state index contributed by atoms with van der Waals surface area (Å²) in [7, 11) is 0. The second-order valence-electron chi connectivity index (χ2n) is 5.39.